The van der Waals surface area contributed by atoms with E-state index in [9.17, 15) is 0 Å². The number of nitrogens with zero attached hydrogens (tertiary/aromatic N) is 1. The van der Waals surface area contributed by atoms with Crippen molar-refractivity contribution in [2.45, 2.75) is 19.3 Å². The Hall–Kier alpha value is -0.830. The van der Waals surface area contributed by atoms with Crippen LogP contribution in [-0.2, 0) is 11.3 Å². The summed E-state index contributed by atoms with van der Waals surface area (Å²) in [5.41, 5.74) is 3.67. The van der Waals surface area contributed by atoms with Crippen molar-refractivity contribution in [3.05, 3.63) is 33.8 Å². The van der Waals surface area contributed by atoms with E-state index in [2.05, 4.69) is 39.3 Å². The average molecular weight is 254 g/mol. The Kier molecular flexibility index (Phi) is 2.87. The Balaban J connectivity index is 2.45. The molecule has 0 heterocycles. The lowest BCUT2D eigenvalue weighted by Gasteiger charge is -2.17. The largest absolute Gasteiger partial charge is 0.399 e. The predicted molar refractivity (Wildman–Crippen MR) is 60.6 cm³/mol. The van der Waals surface area contributed by atoms with Crippen molar-refractivity contribution < 1.29 is 4.84 Å². The standard InChI is InChI=1S/C11H12BrNO/c1-14-13-11-4-2-3-8-7-9(12)5-6-10(8)11/h5-7H,2-4H2,1H3/b13-11+. The second kappa shape index (κ2) is 4.13. The van der Waals surface area contributed by atoms with E-state index in [-0.39, 0.29) is 0 Å². The van der Waals surface area contributed by atoms with E-state index in [1.165, 1.54) is 11.1 Å². The van der Waals surface area contributed by atoms with Gasteiger partial charge in [0.05, 0.1) is 5.71 Å². The Morgan fingerprint density at radius 3 is 3.00 bits per heavy atom. The van der Waals surface area contributed by atoms with Crippen LogP contribution in [0.25, 0.3) is 0 Å². The molecule has 1 aliphatic rings. The number of halogens is 1. The molecule has 0 amide bonds. The summed E-state index contributed by atoms with van der Waals surface area (Å²) >= 11 is 3.48. The van der Waals surface area contributed by atoms with Crippen LogP contribution in [0.15, 0.2) is 27.8 Å². The third-order valence-corrected chi connectivity index (χ3v) is 2.93. The maximum atomic E-state index is 4.84. The summed E-state index contributed by atoms with van der Waals surface area (Å²) in [7, 11) is 1.60. The van der Waals surface area contributed by atoms with Crippen molar-refractivity contribution in [3.63, 3.8) is 0 Å². The summed E-state index contributed by atoms with van der Waals surface area (Å²) in [5, 5.41) is 4.06. The molecule has 14 heavy (non-hydrogen) atoms. The SMILES string of the molecule is CO/N=C1\CCCc2cc(Br)ccc21. The molecule has 0 aliphatic heterocycles. The molecule has 0 saturated heterocycles. The van der Waals surface area contributed by atoms with E-state index < -0.39 is 0 Å². The molecule has 2 rings (SSSR count). The van der Waals surface area contributed by atoms with Gasteiger partial charge in [-0.05, 0) is 37.0 Å². The van der Waals surface area contributed by atoms with Crippen LogP contribution in [0.5, 0.6) is 0 Å². The van der Waals surface area contributed by atoms with E-state index in [1.807, 2.05) is 0 Å². The van der Waals surface area contributed by atoms with Crippen LogP contribution in [0.2, 0.25) is 0 Å². The van der Waals surface area contributed by atoms with E-state index >= 15 is 0 Å². The molecule has 2 nitrogen and oxygen atoms in total. The maximum absolute atomic E-state index is 4.84. The van der Waals surface area contributed by atoms with Crippen LogP contribution in [0, 0.1) is 0 Å². The minimum Gasteiger partial charge on any atom is -0.399 e. The van der Waals surface area contributed by atoms with Crippen molar-refractivity contribution in [2.24, 2.45) is 5.16 Å². The third kappa shape index (κ3) is 1.82. The molecule has 0 bridgehead atoms. The molecule has 3 heteroatoms. The van der Waals surface area contributed by atoms with Gasteiger partial charge in [0, 0.05) is 10.0 Å². The highest BCUT2D eigenvalue weighted by Crippen LogP contribution is 2.25. The first-order valence-corrected chi connectivity index (χ1v) is 5.49. The van der Waals surface area contributed by atoms with Gasteiger partial charge < -0.3 is 4.84 Å². The molecule has 74 valence electrons. The molecule has 0 atom stereocenters. The van der Waals surface area contributed by atoms with Gasteiger partial charge >= 0.3 is 0 Å². The normalized spacial score (nSPS) is 18.0. The summed E-state index contributed by atoms with van der Waals surface area (Å²) in [6.07, 6.45) is 3.31. The van der Waals surface area contributed by atoms with Gasteiger partial charge in [0.25, 0.3) is 0 Å². The lowest BCUT2D eigenvalue weighted by molar-refractivity contribution is 0.212. The zero-order chi connectivity index (χ0) is 9.97. The summed E-state index contributed by atoms with van der Waals surface area (Å²) in [5.74, 6) is 0. The molecule has 0 N–H and O–H groups in total. The summed E-state index contributed by atoms with van der Waals surface area (Å²) in [4.78, 5) is 4.84. The molecular formula is C11H12BrNO. The summed E-state index contributed by atoms with van der Waals surface area (Å²) < 4.78 is 1.13. The quantitative estimate of drug-likeness (QED) is 0.705. The fraction of sp³-hybridized carbons (Fsp3) is 0.364. The first-order valence-electron chi connectivity index (χ1n) is 4.70. The van der Waals surface area contributed by atoms with Crippen LogP contribution in [0.3, 0.4) is 0 Å². The van der Waals surface area contributed by atoms with Gasteiger partial charge in [-0.25, -0.2) is 0 Å². The van der Waals surface area contributed by atoms with E-state index in [1.54, 1.807) is 7.11 Å². The fourth-order valence-corrected chi connectivity index (χ4v) is 2.25. The molecule has 0 unspecified atom stereocenters. The number of fused-ring (bicyclic) bond motifs is 1. The van der Waals surface area contributed by atoms with E-state index in [4.69, 9.17) is 4.84 Å². The summed E-state index contributed by atoms with van der Waals surface area (Å²) in [6.45, 7) is 0. The number of aryl methyl sites for hydroxylation is 1. The van der Waals surface area contributed by atoms with Crippen molar-refractivity contribution in [2.75, 3.05) is 7.11 Å². The highest BCUT2D eigenvalue weighted by atomic mass is 79.9. The molecule has 0 radical (unpaired) electrons. The van der Waals surface area contributed by atoms with Crippen LogP contribution in [0.1, 0.15) is 24.0 Å². The second-order valence-corrected chi connectivity index (χ2v) is 4.29. The lowest BCUT2D eigenvalue weighted by atomic mass is 9.90. The molecule has 0 aromatic heterocycles. The molecule has 0 spiro atoms. The Morgan fingerprint density at radius 2 is 2.21 bits per heavy atom. The number of hydrogen-bond acceptors (Lipinski definition) is 2. The first kappa shape index (κ1) is 9.71. The topological polar surface area (TPSA) is 21.6 Å². The van der Waals surface area contributed by atoms with Crippen LogP contribution in [-0.4, -0.2) is 12.8 Å². The van der Waals surface area contributed by atoms with Crippen molar-refractivity contribution in [1.29, 1.82) is 0 Å². The monoisotopic (exact) mass is 253 g/mol. The van der Waals surface area contributed by atoms with Gasteiger partial charge in [-0.2, -0.15) is 0 Å². The minimum atomic E-state index is 1.02. The van der Waals surface area contributed by atoms with Gasteiger partial charge in [-0.3, -0.25) is 0 Å². The first-order chi connectivity index (χ1) is 6.81. The van der Waals surface area contributed by atoms with Crippen molar-refractivity contribution in [3.8, 4) is 0 Å². The van der Waals surface area contributed by atoms with Crippen LogP contribution >= 0.6 is 15.9 Å². The second-order valence-electron chi connectivity index (χ2n) is 3.38. The fourth-order valence-electron chi connectivity index (χ4n) is 1.84. The number of oxime groups is 1. The Labute approximate surface area is 92.1 Å². The van der Waals surface area contributed by atoms with Gasteiger partial charge in [0.2, 0.25) is 0 Å². The maximum Gasteiger partial charge on any atom is 0.106 e. The lowest BCUT2D eigenvalue weighted by Crippen LogP contribution is -2.12. The zero-order valence-corrected chi connectivity index (χ0v) is 9.67. The minimum absolute atomic E-state index is 1.02. The van der Waals surface area contributed by atoms with Gasteiger partial charge in [-0.1, -0.05) is 27.2 Å². The molecule has 0 saturated carbocycles. The molecule has 0 fully saturated rings. The van der Waals surface area contributed by atoms with E-state index in [0.29, 0.717) is 0 Å². The van der Waals surface area contributed by atoms with Gasteiger partial charge in [0.1, 0.15) is 7.11 Å². The Bertz CT molecular complexity index is 374. The van der Waals surface area contributed by atoms with Crippen molar-refractivity contribution >= 4 is 21.6 Å². The number of rotatable bonds is 1. The average Bonchev–Trinajstić information content (AvgIpc) is 2.18. The molecule has 1 aromatic rings. The van der Waals surface area contributed by atoms with E-state index in [0.717, 1.165) is 29.4 Å². The van der Waals surface area contributed by atoms with Crippen LogP contribution in [0.4, 0.5) is 0 Å². The smallest absolute Gasteiger partial charge is 0.106 e. The van der Waals surface area contributed by atoms with Crippen molar-refractivity contribution in [1.82, 2.24) is 0 Å². The molecule has 1 aromatic carbocycles. The zero-order valence-electron chi connectivity index (χ0n) is 8.09. The highest BCUT2D eigenvalue weighted by molar-refractivity contribution is 9.10. The van der Waals surface area contributed by atoms with Gasteiger partial charge in [0.15, 0.2) is 0 Å². The summed E-state index contributed by atoms with van der Waals surface area (Å²) in [6, 6.07) is 6.32. The number of hydrogen-bond donors (Lipinski definition) is 0. The highest BCUT2D eigenvalue weighted by Gasteiger charge is 2.15. The number of benzene rings is 1. The Morgan fingerprint density at radius 1 is 1.36 bits per heavy atom. The third-order valence-electron chi connectivity index (χ3n) is 2.44. The molecular weight excluding hydrogens is 242 g/mol. The predicted octanol–water partition coefficient (Wildman–Crippen LogP) is 3.14. The van der Waals surface area contributed by atoms with Crippen LogP contribution < -0.4 is 0 Å². The van der Waals surface area contributed by atoms with Gasteiger partial charge in [-0.15, -0.1) is 0 Å². The molecule has 1 aliphatic carbocycles.